The van der Waals surface area contributed by atoms with Gasteiger partial charge in [-0.1, -0.05) is 66.8 Å². The molecule has 3 aromatic carbocycles. The summed E-state index contributed by atoms with van der Waals surface area (Å²) >= 11 is 1.26. The van der Waals surface area contributed by atoms with Crippen LogP contribution in [0.2, 0.25) is 0 Å². The number of carbonyl (C=O) groups excluding carboxylic acids is 2. The summed E-state index contributed by atoms with van der Waals surface area (Å²) in [7, 11) is 0. The topological polar surface area (TPSA) is 96.6 Å². The van der Waals surface area contributed by atoms with Crippen LogP contribution in [0, 0.1) is 13.8 Å². The van der Waals surface area contributed by atoms with Crippen molar-refractivity contribution in [1.29, 1.82) is 0 Å². The van der Waals surface area contributed by atoms with E-state index in [-0.39, 0.29) is 23.0 Å². The highest BCUT2D eigenvalue weighted by molar-refractivity contribution is 7.15. The first-order valence-corrected chi connectivity index (χ1v) is 14.4. The average molecular weight is 563 g/mol. The van der Waals surface area contributed by atoms with Gasteiger partial charge < -0.3 is 9.32 Å². The molecule has 7 rings (SSSR count). The molecule has 8 nitrogen and oxygen atoms in total. The van der Waals surface area contributed by atoms with E-state index >= 15 is 0 Å². The van der Waals surface area contributed by atoms with Crippen molar-refractivity contribution in [3.05, 3.63) is 116 Å². The van der Waals surface area contributed by atoms with Crippen LogP contribution in [0.4, 0.5) is 10.8 Å². The molecule has 1 unspecified atom stereocenters. The first kappa shape index (κ1) is 25.3. The number of benzene rings is 3. The van der Waals surface area contributed by atoms with Crippen molar-refractivity contribution >= 4 is 44.9 Å². The SMILES string of the molecule is CCCc1nnc(N2C(=O)c3oc4cc(C)c(C)cc4c(=O)c3C23C(=O)N(Cc2ccccc2)c2ccccc23)s1. The zero-order valence-corrected chi connectivity index (χ0v) is 23.6. The van der Waals surface area contributed by atoms with Crippen molar-refractivity contribution in [3.8, 4) is 0 Å². The highest BCUT2D eigenvalue weighted by Gasteiger charge is 2.66. The van der Waals surface area contributed by atoms with Crippen molar-refractivity contribution < 1.29 is 14.0 Å². The lowest BCUT2D eigenvalue weighted by Crippen LogP contribution is -2.53. The fraction of sp³-hybridized carbons (Fsp3) is 0.219. The third-order valence-corrected chi connectivity index (χ3v) is 9.00. The molecular formula is C32H26N4O4S. The molecule has 0 N–H and O–H groups in total. The van der Waals surface area contributed by atoms with Crippen LogP contribution in [-0.4, -0.2) is 22.0 Å². The van der Waals surface area contributed by atoms with Gasteiger partial charge in [0.1, 0.15) is 10.6 Å². The van der Waals surface area contributed by atoms with E-state index in [0.29, 0.717) is 28.6 Å². The van der Waals surface area contributed by atoms with Gasteiger partial charge in [0.2, 0.25) is 10.9 Å². The lowest BCUT2D eigenvalue weighted by atomic mass is 9.84. The molecule has 2 aliphatic heterocycles. The zero-order valence-electron chi connectivity index (χ0n) is 22.8. The number of carbonyl (C=O) groups is 2. The summed E-state index contributed by atoms with van der Waals surface area (Å²) in [5.41, 5.74) is 2.09. The van der Waals surface area contributed by atoms with Crippen LogP contribution in [0.3, 0.4) is 0 Å². The molecule has 1 spiro atoms. The highest BCUT2D eigenvalue weighted by Crippen LogP contribution is 2.54. The lowest BCUT2D eigenvalue weighted by molar-refractivity contribution is -0.121. The van der Waals surface area contributed by atoms with Gasteiger partial charge >= 0.3 is 0 Å². The molecule has 0 saturated heterocycles. The van der Waals surface area contributed by atoms with Crippen molar-refractivity contribution in [2.45, 2.75) is 45.7 Å². The number of amides is 2. The number of hydrogen-bond donors (Lipinski definition) is 0. The van der Waals surface area contributed by atoms with Gasteiger partial charge in [-0.3, -0.25) is 19.3 Å². The van der Waals surface area contributed by atoms with Crippen LogP contribution in [0.1, 0.15) is 56.7 Å². The Hall–Kier alpha value is -4.63. The molecule has 0 saturated carbocycles. The molecule has 5 aromatic rings. The Bertz CT molecular complexity index is 1950. The summed E-state index contributed by atoms with van der Waals surface area (Å²) in [5.74, 6) is -1.12. The van der Waals surface area contributed by atoms with Crippen LogP contribution in [0.15, 0.2) is 75.9 Å². The van der Waals surface area contributed by atoms with Crippen molar-refractivity contribution in [2.75, 3.05) is 9.80 Å². The maximum absolute atomic E-state index is 14.9. The second-order valence-corrected chi connectivity index (χ2v) is 11.6. The Balaban J connectivity index is 1.55. The quantitative estimate of drug-likeness (QED) is 0.274. The van der Waals surface area contributed by atoms with E-state index in [2.05, 4.69) is 10.2 Å². The van der Waals surface area contributed by atoms with E-state index in [4.69, 9.17) is 4.42 Å². The predicted octanol–water partition coefficient (Wildman–Crippen LogP) is 5.66. The van der Waals surface area contributed by atoms with E-state index in [1.807, 2.05) is 75.4 Å². The fourth-order valence-corrected chi connectivity index (χ4v) is 6.98. The molecular weight excluding hydrogens is 536 g/mol. The number of aromatic nitrogens is 2. The third-order valence-electron chi connectivity index (χ3n) is 8.04. The molecule has 0 fully saturated rings. The molecule has 0 radical (unpaired) electrons. The number of fused-ring (bicyclic) bond motifs is 5. The standard InChI is InChI=1S/C32H26N4O4S/c1-4-10-25-33-34-31(41-25)36-29(38)28-26(27(37)21-15-18(2)19(3)16-24(21)40-28)32(36)22-13-8-9-14-23(22)35(30(32)39)17-20-11-6-5-7-12-20/h5-9,11-16H,4,10,17H2,1-3H3. The number of para-hydroxylation sites is 1. The second-order valence-electron chi connectivity index (χ2n) is 10.5. The number of nitrogens with zero attached hydrogens (tertiary/aromatic N) is 4. The Labute approximate surface area is 239 Å². The lowest BCUT2D eigenvalue weighted by Gasteiger charge is -2.32. The number of anilines is 2. The van der Waals surface area contributed by atoms with E-state index < -0.39 is 22.8 Å². The van der Waals surface area contributed by atoms with E-state index in [0.717, 1.165) is 28.1 Å². The van der Waals surface area contributed by atoms with Gasteiger partial charge in [-0.15, -0.1) is 10.2 Å². The number of rotatable bonds is 5. The van der Waals surface area contributed by atoms with Gasteiger partial charge in [-0.2, -0.15) is 0 Å². The summed E-state index contributed by atoms with van der Waals surface area (Å²) in [6.45, 7) is 6.15. The predicted molar refractivity (Wildman–Crippen MR) is 158 cm³/mol. The first-order valence-electron chi connectivity index (χ1n) is 13.6. The van der Waals surface area contributed by atoms with Crippen molar-refractivity contribution in [2.24, 2.45) is 0 Å². The van der Waals surface area contributed by atoms with Crippen molar-refractivity contribution in [3.63, 3.8) is 0 Å². The Morgan fingerprint density at radius 1 is 0.927 bits per heavy atom. The molecule has 0 aliphatic carbocycles. The molecule has 9 heteroatoms. The summed E-state index contributed by atoms with van der Waals surface area (Å²) in [5, 5.41) is 10.0. The minimum Gasteiger partial charge on any atom is -0.450 e. The maximum atomic E-state index is 14.9. The van der Waals surface area contributed by atoms with E-state index in [9.17, 15) is 14.4 Å². The minimum atomic E-state index is -1.78. The molecule has 1 atom stereocenters. The molecule has 204 valence electrons. The molecule has 4 heterocycles. The smallest absolute Gasteiger partial charge is 0.297 e. The van der Waals surface area contributed by atoms with Crippen LogP contribution in [0.5, 0.6) is 0 Å². The van der Waals surface area contributed by atoms with Crippen LogP contribution in [-0.2, 0) is 23.3 Å². The average Bonchev–Trinajstić information content (AvgIpc) is 3.60. The van der Waals surface area contributed by atoms with Gasteiger partial charge in [0.15, 0.2) is 11.0 Å². The largest absolute Gasteiger partial charge is 0.450 e. The molecule has 0 bridgehead atoms. The van der Waals surface area contributed by atoms with Crippen molar-refractivity contribution in [1.82, 2.24) is 10.2 Å². The minimum absolute atomic E-state index is 0.0264. The van der Waals surface area contributed by atoms with E-state index in [1.54, 1.807) is 17.0 Å². The monoisotopic (exact) mass is 562 g/mol. The maximum Gasteiger partial charge on any atom is 0.297 e. The Morgan fingerprint density at radius 2 is 1.66 bits per heavy atom. The molecule has 2 amide bonds. The first-order chi connectivity index (χ1) is 19.9. The number of hydrogen-bond acceptors (Lipinski definition) is 7. The Kier molecular flexibility index (Phi) is 5.69. The Morgan fingerprint density at radius 3 is 2.44 bits per heavy atom. The van der Waals surface area contributed by atoms with E-state index in [1.165, 1.54) is 16.2 Å². The molecule has 2 aliphatic rings. The van der Waals surface area contributed by atoms with Crippen LogP contribution < -0.4 is 15.2 Å². The summed E-state index contributed by atoms with van der Waals surface area (Å²) in [6.07, 6.45) is 1.54. The highest BCUT2D eigenvalue weighted by atomic mass is 32.1. The van der Waals surface area contributed by atoms with Crippen LogP contribution >= 0.6 is 11.3 Å². The molecule has 2 aromatic heterocycles. The molecule has 41 heavy (non-hydrogen) atoms. The summed E-state index contributed by atoms with van der Waals surface area (Å²) < 4.78 is 6.24. The normalized spacial score (nSPS) is 17.6. The van der Waals surface area contributed by atoms with Gasteiger partial charge in [-0.05, 0) is 55.2 Å². The van der Waals surface area contributed by atoms with Gasteiger partial charge in [-0.25, -0.2) is 0 Å². The van der Waals surface area contributed by atoms with Gasteiger partial charge in [0, 0.05) is 12.0 Å². The third kappa shape index (κ3) is 3.48. The van der Waals surface area contributed by atoms with Crippen LogP contribution in [0.25, 0.3) is 11.0 Å². The number of aryl methyl sites for hydroxylation is 3. The summed E-state index contributed by atoms with van der Waals surface area (Å²) in [4.78, 5) is 46.7. The summed E-state index contributed by atoms with van der Waals surface area (Å²) in [6, 6.07) is 20.5. The zero-order chi connectivity index (χ0) is 28.5. The second kappa shape index (κ2) is 9.21. The van der Waals surface area contributed by atoms with Gasteiger partial charge in [0.05, 0.1) is 23.2 Å². The fourth-order valence-electron chi connectivity index (χ4n) is 5.99. The van der Waals surface area contributed by atoms with Gasteiger partial charge in [0.25, 0.3) is 11.8 Å².